The van der Waals surface area contributed by atoms with Gasteiger partial charge in [-0.05, 0) is 37.5 Å². The second-order valence-electron chi connectivity index (χ2n) is 6.53. The van der Waals surface area contributed by atoms with Crippen LogP contribution in [0.5, 0.6) is 0 Å². The van der Waals surface area contributed by atoms with Gasteiger partial charge in [-0.1, -0.05) is 48.0 Å². The van der Waals surface area contributed by atoms with Gasteiger partial charge < -0.3 is 4.74 Å². The van der Waals surface area contributed by atoms with Gasteiger partial charge in [0.2, 0.25) is 0 Å². The van der Waals surface area contributed by atoms with Gasteiger partial charge in [0, 0.05) is 6.42 Å². The van der Waals surface area contributed by atoms with Gasteiger partial charge in [-0.3, -0.25) is 4.79 Å². The van der Waals surface area contributed by atoms with Crippen LogP contribution in [-0.4, -0.2) is 35.7 Å². The number of hydrogen-bond acceptors (Lipinski definition) is 4. The monoisotopic (exact) mass is 350 g/mol. The first-order valence-electron chi connectivity index (χ1n) is 8.64. The van der Waals surface area contributed by atoms with Gasteiger partial charge in [0.05, 0.1) is 17.8 Å². The van der Waals surface area contributed by atoms with Crippen molar-refractivity contribution in [2.75, 3.05) is 13.2 Å². The van der Waals surface area contributed by atoms with Crippen LogP contribution in [0.1, 0.15) is 39.0 Å². The third-order valence-electron chi connectivity index (χ3n) is 4.40. The quantitative estimate of drug-likeness (QED) is 0.794. The molecule has 0 atom stereocenters. The molecule has 0 unspecified atom stereocenters. The highest BCUT2D eigenvalue weighted by Gasteiger charge is 2.23. The van der Waals surface area contributed by atoms with E-state index in [0.29, 0.717) is 18.5 Å². The molecule has 0 N–H and O–H groups in total. The normalized spacial score (nSPS) is 13.5. The number of ether oxygens (including phenoxy) is 1. The van der Waals surface area contributed by atoms with E-state index in [1.54, 1.807) is 0 Å². The number of rotatable bonds is 4. The predicted molar refractivity (Wildman–Crippen MR) is 100 cm³/mol. The van der Waals surface area contributed by atoms with Crippen molar-refractivity contribution in [3.63, 3.8) is 0 Å². The van der Waals surface area contributed by atoms with Crippen molar-refractivity contribution in [1.82, 2.24) is 5.01 Å². The molecule has 1 amide bonds. The van der Waals surface area contributed by atoms with Crippen molar-refractivity contribution in [2.45, 2.75) is 27.2 Å². The van der Waals surface area contributed by atoms with Gasteiger partial charge in [0.15, 0.2) is 6.61 Å². The molecule has 134 valence electrons. The number of nitrogens with zero attached hydrogens (tertiary/aromatic N) is 2. The van der Waals surface area contributed by atoms with Crippen LogP contribution in [0.2, 0.25) is 0 Å². The molecule has 3 rings (SSSR count). The van der Waals surface area contributed by atoms with Crippen LogP contribution in [-0.2, 0) is 9.53 Å². The molecule has 1 aliphatic heterocycles. The summed E-state index contributed by atoms with van der Waals surface area (Å²) < 4.78 is 5.25. The fraction of sp³-hybridized carbons (Fsp3) is 0.286. The largest absolute Gasteiger partial charge is 0.452 e. The van der Waals surface area contributed by atoms with E-state index in [1.807, 2.05) is 63.2 Å². The van der Waals surface area contributed by atoms with E-state index in [9.17, 15) is 9.59 Å². The number of aryl methyl sites for hydroxylation is 3. The van der Waals surface area contributed by atoms with Crippen LogP contribution in [0.15, 0.2) is 47.6 Å². The molecule has 5 heteroatoms. The summed E-state index contributed by atoms with van der Waals surface area (Å²) in [7, 11) is 0. The van der Waals surface area contributed by atoms with Crippen LogP contribution < -0.4 is 0 Å². The number of benzene rings is 2. The summed E-state index contributed by atoms with van der Waals surface area (Å²) in [6.07, 6.45) is 0.694. The van der Waals surface area contributed by atoms with Gasteiger partial charge >= 0.3 is 5.97 Å². The third kappa shape index (κ3) is 3.82. The van der Waals surface area contributed by atoms with Crippen LogP contribution in [0, 0.1) is 20.8 Å². The van der Waals surface area contributed by atoms with Crippen molar-refractivity contribution in [3.8, 4) is 0 Å². The van der Waals surface area contributed by atoms with Crippen LogP contribution in [0.3, 0.4) is 0 Å². The van der Waals surface area contributed by atoms with Gasteiger partial charge in [0.25, 0.3) is 5.91 Å². The maximum absolute atomic E-state index is 12.4. The highest BCUT2D eigenvalue weighted by atomic mass is 16.5. The number of hydrazone groups is 1. The lowest BCUT2D eigenvalue weighted by Gasteiger charge is -2.13. The smallest absolute Gasteiger partial charge is 0.339 e. The molecule has 0 saturated carbocycles. The summed E-state index contributed by atoms with van der Waals surface area (Å²) in [6.45, 7) is 5.92. The fourth-order valence-corrected chi connectivity index (χ4v) is 3.25. The van der Waals surface area contributed by atoms with Crippen molar-refractivity contribution in [1.29, 1.82) is 0 Å². The fourth-order valence-electron chi connectivity index (χ4n) is 3.25. The van der Waals surface area contributed by atoms with Crippen molar-refractivity contribution in [2.24, 2.45) is 5.10 Å². The zero-order valence-electron chi connectivity index (χ0n) is 15.3. The molecule has 26 heavy (non-hydrogen) atoms. The van der Waals surface area contributed by atoms with Crippen molar-refractivity contribution in [3.05, 3.63) is 70.3 Å². The molecule has 2 aromatic carbocycles. The number of carbonyl (C=O) groups is 2. The Balaban J connectivity index is 1.63. The van der Waals surface area contributed by atoms with E-state index in [4.69, 9.17) is 4.74 Å². The molecule has 1 heterocycles. The summed E-state index contributed by atoms with van der Waals surface area (Å²) in [6, 6.07) is 13.6. The van der Waals surface area contributed by atoms with E-state index in [1.165, 1.54) is 5.01 Å². The average molecular weight is 350 g/mol. The van der Waals surface area contributed by atoms with E-state index >= 15 is 0 Å². The average Bonchev–Trinajstić information content (AvgIpc) is 3.10. The van der Waals surface area contributed by atoms with Gasteiger partial charge in [-0.2, -0.15) is 5.10 Å². The molecule has 2 aromatic rings. The predicted octanol–water partition coefficient (Wildman–Crippen LogP) is 3.41. The Kier molecular flexibility index (Phi) is 5.16. The Hall–Kier alpha value is -2.95. The SMILES string of the molecule is Cc1cc(C)c(C(=O)OCC(=O)N2CCC(c3ccccc3)=N2)c(C)c1. The van der Waals surface area contributed by atoms with Crippen LogP contribution in [0.25, 0.3) is 0 Å². The van der Waals surface area contributed by atoms with E-state index in [-0.39, 0.29) is 12.5 Å². The lowest BCUT2D eigenvalue weighted by molar-refractivity contribution is -0.134. The Bertz CT molecular complexity index is 849. The molecule has 0 spiro atoms. The van der Waals surface area contributed by atoms with E-state index in [0.717, 1.165) is 28.0 Å². The first-order chi connectivity index (χ1) is 12.5. The Morgan fingerprint density at radius 2 is 1.73 bits per heavy atom. The first kappa shape index (κ1) is 17.9. The molecule has 0 saturated heterocycles. The minimum Gasteiger partial charge on any atom is -0.452 e. The second-order valence-corrected chi connectivity index (χ2v) is 6.53. The van der Waals surface area contributed by atoms with Crippen molar-refractivity contribution >= 4 is 17.6 Å². The second kappa shape index (κ2) is 7.52. The molecule has 0 aromatic heterocycles. The summed E-state index contributed by atoms with van der Waals surface area (Å²) >= 11 is 0. The molecule has 0 aliphatic carbocycles. The standard InChI is InChI=1S/C21H22N2O3/c1-14-11-15(2)20(16(3)12-14)21(25)26-13-19(24)23-10-9-18(22-23)17-7-5-4-6-8-17/h4-8,11-12H,9-10,13H2,1-3H3. The lowest BCUT2D eigenvalue weighted by Crippen LogP contribution is -2.29. The molecule has 0 bridgehead atoms. The number of amides is 1. The first-order valence-corrected chi connectivity index (χ1v) is 8.64. The molecular weight excluding hydrogens is 328 g/mol. The van der Waals surface area contributed by atoms with Gasteiger partial charge in [-0.25, -0.2) is 9.80 Å². The molecule has 5 nitrogen and oxygen atoms in total. The minimum atomic E-state index is -0.472. The Morgan fingerprint density at radius 3 is 2.38 bits per heavy atom. The number of hydrogen-bond donors (Lipinski definition) is 0. The summed E-state index contributed by atoms with van der Waals surface area (Å²) in [4.78, 5) is 24.7. The number of esters is 1. The van der Waals surface area contributed by atoms with E-state index < -0.39 is 5.97 Å². The minimum absolute atomic E-state index is 0.308. The number of carbonyl (C=O) groups excluding carboxylic acids is 2. The van der Waals surface area contributed by atoms with Gasteiger partial charge in [0.1, 0.15) is 0 Å². The van der Waals surface area contributed by atoms with E-state index in [2.05, 4.69) is 5.10 Å². The summed E-state index contributed by atoms with van der Waals surface area (Å²) in [5, 5.41) is 5.74. The third-order valence-corrected chi connectivity index (χ3v) is 4.40. The maximum atomic E-state index is 12.4. The van der Waals surface area contributed by atoms with Crippen molar-refractivity contribution < 1.29 is 14.3 Å². The van der Waals surface area contributed by atoms with Crippen LogP contribution in [0.4, 0.5) is 0 Å². The summed E-state index contributed by atoms with van der Waals surface area (Å²) in [5.74, 6) is -0.786. The summed E-state index contributed by atoms with van der Waals surface area (Å²) in [5.41, 5.74) is 5.20. The zero-order valence-corrected chi connectivity index (χ0v) is 15.3. The molecular formula is C21H22N2O3. The molecule has 0 fully saturated rings. The highest BCUT2D eigenvalue weighted by Crippen LogP contribution is 2.18. The Labute approximate surface area is 153 Å². The Morgan fingerprint density at radius 1 is 1.08 bits per heavy atom. The maximum Gasteiger partial charge on any atom is 0.339 e. The topological polar surface area (TPSA) is 59.0 Å². The molecule has 1 aliphatic rings. The highest BCUT2D eigenvalue weighted by molar-refractivity contribution is 6.02. The zero-order chi connectivity index (χ0) is 18.7. The van der Waals surface area contributed by atoms with Crippen LogP contribution >= 0.6 is 0 Å². The molecule has 0 radical (unpaired) electrons. The lowest BCUT2D eigenvalue weighted by atomic mass is 10.00. The van der Waals surface area contributed by atoms with Gasteiger partial charge in [-0.15, -0.1) is 0 Å².